The number of halogens is 1. The summed E-state index contributed by atoms with van der Waals surface area (Å²) >= 11 is 0. The van der Waals surface area contributed by atoms with Gasteiger partial charge in [-0.1, -0.05) is 24.3 Å². The number of benzene rings is 1. The number of aryl methyl sites for hydroxylation is 1. The fourth-order valence-corrected chi connectivity index (χ4v) is 5.45. The lowest BCUT2D eigenvalue weighted by Crippen LogP contribution is -2.59. The number of hydrogen-bond acceptors (Lipinski definition) is 4. The average Bonchev–Trinajstić information content (AvgIpc) is 3.36. The molecule has 0 saturated carbocycles. The second kappa shape index (κ2) is 12.5. The van der Waals surface area contributed by atoms with Gasteiger partial charge in [0.25, 0.3) is 0 Å². The first-order valence-electron chi connectivity index (χ1n) is 12.3. The topological polar surface area (TPSA) is 52.1 Å². The van der Waals surface area contributed by atoms with Crippen LogP contribution in [0.5, 0.6) is 0 Å². The van der Waals surface area contributed by atoms with E-state index in [0.717, 1.165) is 71.0 Å². The lowest BCUT2D eigenvalue weighted by atomic mass is 9.88. The zero-order chi connectivity index (χ0) is 21.5. The molecule has 180 valence electrons. The van der Waals surface area contributed by atoms with E-state index in [2.05, 4.69) is 56.6 Å². The van der Waals surface area contributed by atoms with Crippen LogP contribution in [0.1, 0.15) is 49.7 Å². The SMILES string of the molecule is CN=C(NCC1(N2CCCC2)CCOCC1)NC1CCN(Cc2ccccc2C)CC1.I. The van der Waals surface area contributed by atoms with Crippen molar-refractivity contribution in [3.63, 3.8) is 0 Å². The van der Waals surface area contributed by atoms with Gasteiger partial charge in [0.2, 0.25) is 0 Å². The highest BCUT2D eigenvalue weighted by atomic mass is 127. The maximum Gasteiger partial charge on any atom is 0.191 e. The number of aliphatic imine (C=N–C) groups is 1. The summed E-state index contributed by atoms with van der Waals surface area (Å²) in [4.78, 5) is 9.85. The van der Waals surface area contributed by atoms with Crippen molar-refractivity contribution < 1.29 is 4.74 Å². The van der Waals surface area contributed by atoms with Crippen molar-refractivity contribution in [3.8, 4) is 0 Å². The Morgan fingerprint density at radius 2 is 1.78 bits per heavy atom. The van der Waals surface area contributed by atoms with Crippen LogP contribution in [0.3, 0.4) is 0 Å². The van der Waals surface area contributed by atoms with Crippen molar-refractivity contribution in [3.05, 3.63) is 35.4 Å². The molecule has 7 heteroatoms. The van der Waals surface area contributed by atoms with Gasteiger partial charge in [0.15, 0.2) is 5.96 Å². The van der Waals surface area contributed by atoms with Crippen LogP contribution in [0.15, 0.2) is 29.3 Å². The largest absolute Gasteiger partial charge is 0.381 e. The summed E-state index contributed by atoms with van der Waals surface area (Å²) in [7, 11) is 1.90. The fraction of sp³-hybridized carbons (Fsp3) is 0.720. The lowest BCUT2D eigenvalue weighted by Gasteiger charge is -2.45. The molecular formula is C25H42IN5O. The Labute approximate surface area is 211 Å². The molecule has 6 nitrogen and oxygen atoms in total. The predicted molar refractivity (Wildman–Crippen MR) is 143 cm³/mol. The molecule has 1 aromatic carbocycles. The number of ether oxygens (including phenoxy) is 1. The second-order valence-electron chi connectivity index (χ2n) is 9.58. The maximum atomic E-state index is 5.69. The van der Waals surface area contributed by atoms with Crippen LogP contribution in [-0.2, 0) is 11.3 Å². The number of piperidine rings is 1. The number of likely N-dealkylation sites (tertiary alicyclic amines) is 2. The third-order valence-electron chi connectivity index (χ3n) is 7.59. The van der Waals surface area contributed by atoms with Gasteiger partial charge < -0.3 is 15.4 Å². The van der Waals surface area contributed by atoms with Crippen LogP contribution in [0.25, 0.3) is 0 Å². The summed E-state index contributed by atoms with van der Waals surface area (Å²) in [6.07, 6.45) is 7.23. The monoisotopic (exact) mass is 555 g/mol. The first-order chi connectivity index (χ1) is 15.2. The van der Waals surface area contributed by atoms with Crippen molar-refractivity contribution in [2.45, 2.75) is 63.6 Å². The van der Waals surface area contributed by atoms with E-state index in [1.54, 1.807) is 0 Å². The normalized spacial score (nSPS) is 23.0. The van der Waals surface area contributed by atoms with E-state index < -0.39 is 0 Å². The molecule has 0 radical (unpaired) electrons. The molecule has 0 aromatic heterocycles. The molecule has 0 atom stereocenters. The van der Waals surface area contributed by atoms with E-state index in [9.17, 15) is 0 Å². The molecule has 1 aromatic rings. The van der Waals surface area contributed by atoms with E-state index in [1.807, 2.05) is 7.05 Å². The zero-order valence-corrected chi connectivity index (χ0v) is 22.3. The number of guanidine groups is 1. The van der Waals surface area contributed by atoms with Gasteiger partial charge in [-0.2, -0.15) is 0 Å². The van der Waals surface area contributed by atoms with Gasteiger partial charge >= 0.3 is 0 Å². The molecule has 0 unspecified atom stereocenters. The predicted octanol–water partition coefficient (Wildman–Crippen LogP) is 3.39. The Bertz CT molecular complexity index is 723. The van der Waals surface area contributed by atoms with Crippen LogP contribution in [-0.4, -0.2) is 80.3 Å². The minimum absolute atomic E-state index is 0. The molecule has 0 aliphatic carbocycles. The molecule has 3 heterocycles. The van der Waals surface area contributed by atoms with Crippen LogP contribution in [0.2, 0.25) is 0 Å². The van der Waals surface area contributed by atoms with Crippen molar-refractivity contribution in [1.82, 2.24) is 20.4 Å². The van der Waals surface area contributed by atoms with Crippen molar-refractivity contribution in [2.24, 2.45) is 4.99 Å². The van der Waals surface area contributed by atoms with Gasteiger partial charge in [-0.05, 0) is 69.7 Å². The Morgan fingerprint density at radius 1 is 1.09 bits per heavy atom. The highest BCUT2D eigenvalue weighted by molar-refractivity contribution is 14.0. The number of nitrogens with one attached hydrogen (secondary N) is 2. The Kier molecular flexibility index (Phi) is 10.1. The number of nitrogens with zero attached hydrogens (tertiary/aromatic N) is 3. The van der Waals surface area contributed by atoms with E-state index in [-0.39, 0.29) is 29.5 Å². The highest BCUT2D eigenvalue weighted by Crippen LogP contribution is 2.30. The van der Waals surface area contributed by atoms with E-state index >= 15 is 0 Å². The molecule has 3 aliphatic rings. The smallest absolute Gasteiger partial charge is 0.191 e. The molecule has 3 fully saturated rings. The quantitative estimate of drug-likeness (QED) is 0.320. The van der Waals surface area contributed by atoms with E-state index in [1.165, 1.54) is 37.1 Å². The molecule has 0 bridgehead atoms. The molecular weight excluding hydrogens is 513 g/mol. The molecule has 0 amide bonds. The zero-order valence-electron chi connectivity index (χ0n) is 19.9. The molecule has 0 spiro atoms. The standard InChI is InChI=1S/C25H41N5O.HI/c1-21-7-3-4-8-22(21)19-29-15-9-23(10-16-29)28-24(26-2)27-20-25(11-17-31-18-12-25)30-13-5-6-14-30;/h3-4,7-8,23H,5-6,9-20H2,1-2H3,(H2,26,27,28);1H. The van der Waals surface area contributed by atoms with Crippen molar-refractivity contribution in [2.75, 3.05) is 53.0 Å². The summed E-state index contributed by atoms with van der Waals surface area (Å²) in [6.45, 7) is 10.7. The van der Waals surface area contributed by atoms with Gasteiger partial charge in [-0.15, -0.1) is 24.0 Å². The molecule has 2 N–H and O–H groups in total. The van der Waals surface area contributed by atoms with E-state index in [0.29, 0.717) is 6.04 Å². The minimum Gasteiger partial charge on any atom is -0.381 e. The summed E-state index contributed by atoms with van der Waals surface area (Å²) in [5.74, 6) is 0.961. The minimum atomic E-state index is 0. The fourth-order valence-electron chi connectivity index (χ4n) is 5.45. The van der Waals surface area contributed by atoms with Crippen molar-refractivity contribution in [1.29, 1.82) is 0 Å². The molecule has 4 rings (SSSR count). The third-order valence-corrected chi connectivity index (χ3v) is 7.59. The summed E-state index contributed by atoms with van der Waals surface area (Å²) in [5.41, 5.74) is 3.07. The van der Waals surface area contributed by atoms with Gasteiger partial charge in [0, 0.05) is 58.0 Å². The van der Waals surface area contributed by atoms with Gasteiger partial charge in [-0.25, -0.2) is 0 Å². The van der Waals surface area contributed by atoms with Gasteiger partial charge in [0.1, 0.15) is 0 Å². The third kappa shape index (κ3) is 6.58. The Morgan fingerprint density at radius 3 is 2.44 bits per heavy atom. The molecule has 3 aliphatic heterocycles. The Balaban J connectivity index is 0.00000289. The maximum absolute atomic E-state index is 5.69. The van der Waals surface area contributed by atoms with Crippen LogP contribution in [0, 0.1) is 6.92 Å². The van der Waals surface area contributed by atoms with Crippen LogP contribution in [0.4, 0.5) is 0 Å². The summed E-state index contributed by atoms with van der Waals surface area (Å²) in [5, 5.41) is 7.40. The average molecular weight is 556 g/mol. The molecule has 32 heavy (non-hydrogen) atoms. The molecule has 3 saturated heterocycles. The Hall–Kier alpha value is -0.900. The summed E-state index contributed by atoms with van der Waals surface area (Å²) < 4.78 is 5.69. The first kappa shape index (κ1) is 25.7. The van der Waals surface area contributed by atoms with Crippen LogP contribution < -0.4 is 10.6 Å². The van der Waals surface area contributed by atoms with Gasteiger partial charge in [-0.3, -0.25) is 14.8 Å². The first-order valence-corrected chi connectivity index (χ1v) is 12.3. The number of rotatable bonds is 6. The van der Waals surface area contributed by atoms with E-state index in [4.69, 9.17) is 4.74 Å². The van der Waals surface area contributed by atoms with Crippen LogP contribution >= 0.6 is 24.0 Å². The second-order valence-corrected chi connectivity index (χ2v) is 9.58. The number of hydrogen-bond donors (Lipinski definition) is 2. The summed E-state index contributed by atoms with van der Waals surface area (Å²) in [6, 6.07) is 9.25. The van der Waals surface area contributed by atoms with Crippen molar-refractivity contribution >= 4 is 29.9 Å². The van der Waals surface area contributed by atoms with Gasteiger partial charge in [0.05, 0.1) is 0 Å². The highest BCUT2D eigenvalue weighted by Gasteiger charge is 2.39. The lowest BCUT2D eigenvalue weighted by molar-refractivity contribution is -0.0164.